The maximum absolute atomic E-state index is 12.5. The third-order valence-electron chi connectivity index (χ3n) is 4.26. The van der Waals surface area contributed by atoms with E-state index in [2.05, 4.69) is 28.3 Å². The molecule has 0 unspecified atom stereocenters. The standard InChI is InChI=1S/C16H22N2OS/c1-2-18-13-9-10-20-15(13)11-14(18)16(19)17-12-7-5-3-4-6-8-12/h9-12H,2-8H2,1H3,(H,17,19). The lowest BCUT2D eigenvalue weighted by atomic mass is 10.1. The van der Waals surface area contributed by atoms with Crippen LogP contribution in [0.15, 0.2) is 17.5 Å². The molecule has 3 nitrogen and oxygen atoms in total. The molecule has 0 spiro atoms. The number of nitrogens with one attached hydrogen (secondary N) is 1. The average molecular weight is 290 g/mol. The molecule has 4 heteroatoms. The molecule has 2 aromatic heterocycles. The minimum atomic E-state index is 0.0992. The highest BCUT2D eigenvalue weighted by Gasteiger charge is 2.19. The molecule has 0 atom stereocenters. The van der Waals surface area contributed by atoms with Crippen LogP contribution >= 0.6 is 11.3 Å². The van der Waals surface area contributed by atoms with Gasteiger partial charge in [0.05, 0.1) is 10.2 Å². The van der Waals surface area contributed by atoms with E-state index in [0.29, 0.717) is 6.04 Å². The first-order valence-corrected chi connectivity index (χ1v) is 8.55. The van der Waals surface area contributed by atoms with Gasteiger partial charge in [-0.1, -0.05) is 25.7 Å². The van der Waals surface area contributed by atoms with Crippen molar-refractivity contribution in [3.05, 3.63) is 23.2 Å². The number of fused-ring (bicyclic) bond motifs is 1. The van der Waals surface area contributed by atoms with Gasteiger partial charge in [-0.25, -0.2) is 0 Å². The molecule has 1 amide bonds. The minimum Gasteiger partial charge on any atom is -0.348 e. The average Bonchev–Trinajstić information content (AvgIpc) is 2.92. The van der Waals surface area contributed by atoms with Gasteiger partial charge in [-0.15, -0.1) is 11.3 Å². The fraction of sp³-hybridized carbons (Fsp3) is 0.562. The smallest absolute Gasteiger partial charge is 0.268 e. The summed E-state index contributed by atoms with van der Waals surface area (Å²) in [6.45, 7) is 2.94. The highest BCUT2D eigenvalue weighted by molar-refractivity contribution is 7.17. The van der Waals surface area contributed by atoms with Crippen LogP contribution in [0, 0.1) is 0 Å². The van der Waals surface area contributed by atoms with Crippen molar-refractivity contribution in [3.63, 3.8) is 0 Å². The van der Waals surface area contributed by atoms with Crippen molar-refractivity contribution < 1.29 is 4.79 Å². The Morgan fingerprint density at radius 3 is 2.80 bits per heavy atom. The van der Waals surface area contributed by atoms with E-state index in [0.717, 1.165) is 25.1 Å². The Hall–Kier alpha value is -1.29. The molecule has 1 aliphatic rings. The minimum absolute atomic E-state index is 0.0992. The molecular formula is C16H22N2OS. The van der Waals surface area contributed by atoms with E-state index in [-0.39, 0.29) is 5.91 Å². The van der Waals surface area contributed by atoms with Gasteiger partial charge in [0, 0.05) is 12.6 Å². The first-order valence-electron chi connectivity index (χ1n) is 7.67. The van der Waals surface area contributed by atoms with Crippen LogP contribution in [-0.2, 0) is 6.54 Å². The van der Waals surface area contributed by atoms with E-state index in [4.69, 9.17) is 0 Å². The molecule has 1 saturated carbocycles. The number of thiophene rings is 1. The van der Waals surface area contributed by atoms with Crippen LogP contribution in [0.25, 0.3) is 10.2 Å². The summed E-state index contributed by atoms with van der Waals surface area (Å²) in [5.74, 6) is 0.0992. The van der Waals surface area contributed by atoms with Crippen molar-refractivity contribution >= 4 is 27.5 Å². The molecule has 1 aliphatic carbocycles. The summed E-state index contributed by atoms with van der Waals surface area (Å²) >= 11 is 1.70. The normalized spacial score (nSPS) is 17.2. The second kappa shape index (κ2) is 6.00. The number of amides is 1. The van der Waals surface area contributed by atoms with Crippen LogP contribution in [0.1, 0.15) is 55.9 Å². The number of hydrogen-bond acceptors (Lipinski definition) is 2. The van der Waals surface area contributed by atoms with Gasteiger partial charge in [0.25, 0.3) is 5.91 Å². The zero-order chi connectivity index (χ0) is 13.9. The summed E-state index contributed by atoms with van der Waals surface area (Å²) in [5.41, 5.74) is 2.00. The maximum atomic E-state index is 12.5. The van der Waals surface area contributed by atoms with E-state index in [9.17, 15) is 4.79 Å². The molecule has 2 aromatic rings. The first kappa shape index (κ1) is 13.7. The second-order valence-electron chi connectivity index (χ2n) is 5.61. The summed E-state index contributed by atoms with van der Waals surface area (Å²) in [5, 5.41) is 5.33. The van der Waals surface area contributed by atoms with Crippen molar-refractivity contribution in [1.82, 2.24) is 9.88 Å². The predicted molar refractivity (Wildman–Crippen MR) is 84.4 cm³/mol. The number of carbonyl (C=O) groups is 1. The molecule has 3 rings (SSSR count). The Morgan fingerprint density at radius 1 is 1.35 bits per heavy atom. The molecule has 20 heavy (non-hydrogen) atoms. The van der Waals surface area contributed by atoms with Gasteiger partial charge < -0.3 is 9.88 Å². The SMILES string of the molecule is CCn1c(C(=O)NC2CCCCCC2)cc2sccc21. The van der Waals surface area contributed by atoms with Gasteiger partial charge in [0.15, 0.2) is 0 Å². The summed E-state index contributed by atoms with van der Waals surface area (Å²) in [6, 6.07) is 4.50. The van der Waals surface area contributed by atoms with E-state index in [1.807, 2.05) is 6.07 Å². The molecule has 0 bridgehead atoms. The second-order valence-corrected chi connectivity index (χ2v) is 6.55. The molecular weight excluding hydrogens is 268 g/mol. The Bertz CT molecular complexity index is 591. The van der Waals surface area contributed by atoms with Gasteiger partial charge in [-0.3, -0.25) is 4.79 Å². The van der Waals surface area contributed by atoms with Crippen molar-refractivity contribution in [2.75, 3.05) is 0 Å². The highest BCUT2D eigenvalue weighted by Crippen LogP contribution is 2.25. The van der Waals surface area contributed by atoms with Crippen LogP contribution in [-0.4, -0.2) is 16.5 Å². The van der Waals surface area contributed by atoms with Crippen molar-refractivity contribution in [2.24, 2.45) is 0 Å². The Balaban J connectivity index is 1.79. The molecule has 2 heterocycles. The van der Waals surface area contributed by atoms with E-state index in [1.54, 1.807) is 11.3 Å². The molecule has 0 radical (unpaired) electrons. The Kier molecular flexibility index (Phi) is 4.10. The summed E-state index contributed by atoms with van der Waals surface area (Å²) < 4.78 is 3.33. The van der Waals surface area contributed by atoms with Gasteiger partial charge in [0.2, 0.25) is 0 Å². The fourth-order valence-corrected chi connectivity index (χ4v) is 4.01. The molecule has 1 N–H and O–H groups in total. The molecule has 1 fully saturated rings. The third-order valence-corrected chi connectivity index (χ3v) is 5.12. The first-order chi connectivity index (χ1) is 9.79. The van der Waals surface area contributed by atoms with Crippen LogP contribution in [0.2, 0.25) is 0 Å². The van der Waals surface area contributed by atoms with Crippen molar-refractivity contribution in [1.29, 1.82) is 0 Å². The number of rotatable bonds is 3. The van der Waals surface area contributed by atoms with E-state index in [1.165, 1.54) is 35.9 Å². The molecule has 108 valence electrons. The van der Waals surface area contributed by atoms with Crippen molar-refractivity contribution in [2.45, 2.75) is 58.0 Å². The van der Waals surface area contributed by atoms with Crippen LogP contribution in [0.3, 0.4) is 0 Å². The van der Waals surface area contributed by atoms with Gasteiger partial charge in [-0.2, -0.15) is 0 Å². The van der Waals surface area contributed by atoms with Gasteiger partial charge in [-0.05, 0) is 37.3 Å². The number of aryl methyl sites for hydroxylation is 1. The van der Waals surface area contributed by atoms with Crippen LogP contribution in [0.4, 0.5) is 0 Å². The molecule has 0 aliphatic heterocycles. The molecule has 0 saturated heterocycles. The largest absolute Gasteiger partial charge is 0.348 e. The highest BCUT2D eigenvalue weighted by atomic mass is 32.1. The van der Waals surface area contributed by atoms with E-state index >= 15 is 0 Å². The molecule has 0 aromatic carbocycles. The number of nitrogens with zero attached hydrogens (tertiary/aromatic N) is 1. The topological polar surface area (TPSA) is 34.0 Å². The van der Waals surface area contributed by atoms with Gasteiger partial charge in [0.1, 0.15) is 5.69 Å². The Morgan fingerprint density at radius 2 is 2.10 bits per heavy atom. The van der Waals surface area contributed by atoms with Crippen molar-refractivity contribution in [3.8, 4) is 0 Å². The zero-order valence-corrected chi connectivity index (χ0v) is 12.8. The number of hydrogen-bond donors (Lipinski definition) is 1. The lowest BCUT2D eigenvalue weighted by Crippen LogP contribution is -2.35. The summed E-state index contributed by atoms with van der Waals surface area (Å²) in [4.78, 5) is 12.5. The van der Waals surface area contributed by atoms with Crippen LogP contribution in [0.5, 0.6) is 0 Å². The van der Waals surface area contributed by atoms with Gasteiger partial charge >= 0.3 is 0 Å². The lowest BCUT2D eigenvalue weighted by molar-refractivity contribution is 0.0924. The lowest BCUT2D eigenvalue weighted by Gasteiger charge is -2.17. The van der Waals surface area contributed by atoms with Crippen LogP contribution < -0.4 is 5.32 Å². The maximum Gasteiger partial charge on any atom is 0.268 e. The Labute approximate surface area is 124 Å². The number of carbonyl (C=O) groups excluding carboxylic acids is 1. The monoisotopic (exact) mass is 290 g/mol. The number of aromatic nitrogens is 1. The summed E-state index contributed by atoms with van der Waals surface area (Å²) in [7, 11) is 0. The summed E-state index contributed by atoms with van der Waals surface area (Å²) in [6.07, 6.45) is 7.38. The zero-order valence-electron chi connectivity index (χ0n) is 12.0. The third kappa shape index (κ3) is 2.62. The predicted octanol–water partition coefficient (Wildman–Crippen LogP) is 4.18. The van der Waals surface area contributed by atoms with E-state index < -0.39 is 0 Å². The fourth-order valence-electron chi connectivity index (χ4n) is 3.19. The quantitative estimate of drug-likeness (QED) is 0.846.